The highest BCUT2D eigenvalue weighted by molar-refractivity contribution is 5.95. The first kappa shape index (κ1) is 20.8. The Kier molecular flexibility index (Phi) is 6.16. The standard InChI is InChI=1S/C25H27N3O3/c1-17-8-9-18(2)21(12-17)23-13-22(27-31-23)25(30)28(15-20-6-4-3-5-7-20)16-24(29)26-14-19-10-11-19/h3-9,12-13,19H,10-11,14-16H2,1-2H3,(H,26,29). The van der Waals surface area contributed by atoms with Crippen molar-refractivity contribution in [1.82, 2.24) is 15.4 Å². The van der Waals surface area contributed by atoms with Crippen LogP contribution in [-0.4, -0.2) is 35.0 Å². The lowest BCUT2D eigenvalue weighted by Gasteiger charge is -2.21. The number of benzene rings is 2. The van der Waals surface area contributed by atoms with Gasteiger partial charge in [-0.1, -0.05) is 53.2 Å². The molecule has 0 bridgehead atoms. The molecule has 4 rings (SSSR count). The lowest BCUT2D eigenvalue weighted by Crippen LogP contribution is -2.41. The number of nitrogens with one attached hydrogen (secondary N) is 1. The van der Waals surface area contributed by atoms with Crippen LogP contribution in [0.2, 0.25) is 0 Å². The van der Waals surface area contributed by atoms with Crippen LogP contribution in [0.4, 0.5) is 0 Å². The van der Waals surface area contributed by atoms with Crippen LogP contribution >= 0.6 is 0 Å². The Morgan fingerprint density at radius 2 is 1.87 bits per heavy atom. The molecule has 1 aliphatic rings. The maximum atomic E-state index is 13.3. The molecule has 1 heterocycles. The average molecular weight is 418 g/mol. The van der Waals surface area contributed by atoms with E-state index in [4.69, 9.17) is 4.52 Å². The van der Waals surface area contributed by atoms with E-state index in [9.17, 15) is 9.59 Å². The number of nitrogens with zero attached hydrogens (tertiary/aromatic N) is 2. The van der Waals surface area contributed by atoms with Gasteiger partial charge in [0.1, 0.15) is 6.54 Å². The van der Waals surface area contributed by atoms with E-state index >= 15 is 0 Å². The zero-order valence-electron chi connectivity index (χ0n) is 17.9. The van der Waals surface area contributed by atoms with Gasteiger partial charge < -0.3 is 14.7 Å². The van der Waals surface area contributed by atoms with Crippen molar-refractivity contribution in [2.45, 2.75) is 33.2 Å². The summed E-state index contributed by atoms with van der Waals surface area (Å²) in [5, 5.41) is 6.95. The molecular weight excluding hydrogens is 390 g/mol. The van der Waals surface area contributed by atoms with Crippen LogP contribution in [0.15, 0.2) is 59.1 Å². The van der Waals surface area contributed by atoms with Crippen molar-refractivity contribution in [1.29, 1.82) is 0 Å². The first-order valence-electron chi connectivity index (χ1n) is 10.6. The second kappa shape index (κ2) is 9.16. The molecular formula is C25H27N3O3. The maximum Gasteiger partial charge on any atom is 0.276 e. The number of hydrogen-bond acceptors (Lipinski definition) is 4. The molecule has 0 atom stereocenters. The van der Waals surface area contributed by atoms with E-state index in [1.165, 1.54) is 4.90 Å². The van der Waals surface area contributed by atoms with Crippen molar-refractivity contribution in [3.05, 3.63) is 77.0 Å². The Morgan fingerprint density at radius 1 is 1.10 bits per heavy atom. The molecule has 0 spiro atoms. The summed E-state index contributed by atoms with van der Waals surface area (Å²) in [5.74, 6) is 0.639. The van der Waals surface area contributed by atoms with Gasteiger partial charge in [-0.3, -0.25) is 9.59 Å². The summed E-state index contributed by atoms with van der Waals surface area (Å²) >= 11 is 0. The fraction of sp³-hybridized carbons (Fsp3) is 0.320. The number of aryl methyl sites for hydroxylation is 2. The molecule has 31 heavy (non-hydrogen) atoms. The molecule has 1 aromatic heterocycles. The molecule has 0 unspecified atom stereocenters. The summed E-state index contributed by atoms with van der Waals surface area (Å²) in [6.07, 6.45) is 2.32. The molecule has 0 aliphatic heterocycles. The molecule has 6 heteroatoms. The van der Waals surface area contributed by atoms with Crippen molar-refractivity contribution in [2.24, 2.45) is 5.92 Å². The van der Waals surface area contributed by atoms with Gasteiger partial charge in [0, 0.05) is 24.7 Å². The monoisotopic (exact) mass is 417 g/mol. The van der Waals surface area contributed by atoms with Gasteiger partial charge in [-0.25, -0.2) is 0 Å². The van der Waals surface area contributed by atoms with Crippen molar-refractivity contribution < 1.29 is 14.1 Å². The summed E-state index contributed by atoms with van der Waals surface area (Å²) in [5.41, 5.74) is 4.19. The molecule has 2 aromatic carbocycles. The lowest BCUT2D eigenvalue weighted by molar-refractivity contribution is -0.121. The van der Waals surface area contributed by atoms with Gasteiger partial charge in [-0.15, -0.1) is 0 Å². The van der Waals surface area contributed by atoms with Crippen LogP contribution < -0.4 is 5.32 Å². The highest BCUT2D eigenvalue weighted by atomic mass is 16.5. The maximum absolute atomic E-state index is 13.3. The van der Waals surface area contributed by atoms with Crippen LogP contribution in [0.1, 0.15) is 40.0 Å². The van der Waals surface area contributed by atoms with Gasteiger partial charge in [-0.2, -0.15) is 0 Å². The normalized spacial score (nSPS) is 13.1. The topological polar surface area (TPSA) is 75.4 Å². The van der Waals surface area contributed by atoms with Crippen LogP contribution in [-0.2, 0) is 11.3 Å². The van der Waals surface area contributed by atoms with E-state index < -0.39 is 0 Å². The quantitative estimate of drug-likeness (QED) is 0.598. The van der Waals surface area contributed by atoms with Crippen LogP contribution in [0.3, 0.4) is 0 Å². The minimum Gasteiger partial charge on any atom is -0.355 e. The molecule has 3 aromatic rings. The molecule has 0 saturated heterocycles. The number of carbonyl (C=O) groups excluding carboxylic acids is 2. The van der Waals surface area contributed by atoms with E-state index in [2.05, 4.69) is 10.5 Å². The number of aromatic nitrogens is 1. The Bertz CT molecular complexity index is 1070. The highest BCUT2D eigenvalue weighted by Crippen LogP contribution is 2.28. The van der Waals surface area contributed by atoms with Crippen molar-refractivity contribution in [2.75, 3.05) is 13.1 Å². The van der Waals surface area contributed by atoms with E-state index in [0.717, 1.165) is 35.1 Å². The van der Waals surface area contributed by atoms with Crippen LogP contribution in [0.5, 0.6) is 0 Å². The predicted octanol–water partition coefficient (Wildman–Crippen LogP) is 4.13. The van der Waals surface area contributed by atoms with Gasteiger partial charge in [0.15, 0.2) is 11.5 Å². The second-order valence-corrected chi connectivity index (χ2v) is 8.29. The fourth-order valence-corrected chi connectivity index (χ4v) is 3.48. The summed E-state index contributed by atoms with van der Waals surface area (Å²) in [6.45, 7) is 4.97. The molecule has 1 N–H and O–H groups in total. The Hall–Kier alpha value is -3.41. The molecule has 2 amide bonds. The smallest absolute Gasteiger partial charge is 0.276 e. The van der Waals surface area contributed by atoms with Crippen molar-refractivity contribution in [3.63, 3.8) is 0 Å². The van der Waals surface area contributed by atoms with E-state index in [0.29, 0.717) is 24.8 Å². The van der Waals surface area contributed by atoms with Gasteiger partial charge in [-0.05, 0) is 49.8 Å². The molecule has 160 valence electrons. The molecule has 1 fully saturated rings. The first-order chi connectivity index (χ1) is 15.0. The third-order valence-electron chi connectivity index (χ3n) is 5.51. The Morgan fingerprint density at radius 3 is 2.61 bits per heavy atom. The number of hydrogen-bond donors (Lipinski definition) is 1. The first-order valence-corrected chi connectivity index (χ1v) is 10.6. The predicted molar refractivity (Wildman–Crippen MR) is 118 cm³/mol. The Labute approximate surface area is 182 Å². The van der Waals surface area contributed by atoms with E-state index in [1.54, 1.807) is 6.07 Å². The summed E-state index contributed by atoms with van der Waals surface area (Å²) in [7, 11) is 0. The Balaban J connectivity index is 1.53. The third-order valence-corrected chi connectivity index (χ3v) is 5.51. The van der Waals surface area contributed by atoms with Gasteiger partial charge in [0.05, 0.1) is 0 Å². The zero-order valence-corrected chi connectivity index (χ0v) is 17.9. The molecule has 1 saturated carbocycles. The molecule has 0 radical (unpaired) electrons. The van der Waals surface area contributed by atoms with Gasteiger partial charge in [0.2, 0.25) is 5.91 Å². The van der Waals surface area contributed by atoms with Crippen molar-refractivity contribution in [3.8, 4) is 11.3 Å². The number of amides is 2. The third kappa shape index (κ3) is 5.40. The average Bonchev–Trinajstić information content (AvgIpc) is 3.48. The fourth-order valence-electron chi connectivity index (χ4n) is 3.48. The van der Waals surface area contributed by atoms with Gasteiger partial charge in [0.25, 0.3) is 5.91 Å². The van der Waals surface area contributed by atoms with E-state index in [1.807, 2.05) is 62.4 Å². The lowest BCUT2D eigenvalue weighted by atomic mass is 10.0. The summed E-state index contributed by atoms with van der Waals surface area (Å²) < 4.78 is 5.50. The summed E-state index contributed by atoms with van der Waals surface area (Å²) in [4.78, 5) is 27.2. The minimum atomic E-state index is -0.328. The second-order valence-electron chi connectivity index (χ2n) is 8.29. The number of carbonyl (C=O) groups is 2. The zero-order chi connectivity index (χ0) is 21.8. The molecule has 6 nitrogen and oxygen atoms in total. The van der Waals surface area contributed by atoms with Crippen molar-refractivity contribution >= 4 is 11.8 Å². The largest absolute Gasteiger partial charge is 0.355 e. The highest BCUT2D eigenvalue weighted by Gasteiger charge is 2.25. The summed E-state index contributed by atoms with van der Waals surface area (Å²) in [6, 6.07) is 17.3. The number of rotatable bonds is 8. The van der Waals surface area contributed by atoms with Crippen LogP contribution in [0, 0.1) is 19.8 Å². The SMILES string of the molecule is Cc1ccc(C)c(-c2cc(C(=O)N(CC(=O)NCC3CC3)Cc3ccccc3)no2)c1. The van der Waals surface area contributed by atoms with Crippen LogP contribution in [0.25, 0.3) is 11.3 Å². The van der Waals surface area contributed by atoms with Gasteiger partial charge >= 0.3 is 0 Å². The minimum absolute atomic E-state index is 0.0217. The molecule has 1 aliphatic carbocycles. The van der Waals surface area contributed by atoms with E-state index in [-0.39, 0.29) is 24.1 Å².